The standard InChI is InChI=1S/C27H38ClN.ClH/c28-27-21-22(18-19-26(27)23-12-4-1-5-13-23)11-10-20-29(24-14-6-2-7-15-24)25-16-8-3-9-17-25;/h18-19,21,23-25H,1-9,12-17,20H2;1H. The Morgan fingerprint density at radius 3 is 1.83 bits per heavy atom. The summed E-state index contributed by atoms with van der Waals surface area (Å²) in [6.07, 6.45) is 20.6. The molecule has 0 spiro atoms. The van der Waals surface area contributed by atoms with E-state index in [9.17, 15) is 0 Å². The SMILES string of the molecule is Cl.Clc1cc(C#CCN(C2CCCCC2)C2CCCCC2)ccc1C1CCCCC1. The molecule has 0 heterocycles. The van der Waals surface area contributed by atoms with Gasteiger partial charge in [0.1, 0.15) is 0 Å². The molecule has 3 aliphatic rings. The van der Waals surface area contributed by atoms with E-state index in [0.29, 0.717) is 5.92 Å². The Kier molecular flexibility index (Phi) is 9.89. The van der Waals surface area contributed by atoms with Crippen LogP contribution in [0.3, 0.4) is 0 Å². The maximum Gasteiger partial charge on any atom is 0.0610 e. The number of hydrogen-bond donors (Lipinski definition) is 0. The second-order valence-corrected chi connectivity index (χ2v) is 10.0. The van der Waals surface area contributed by atoms with Crippen molar-refractivity contribution in [1.82, 2.24) is 4.90 Å². The van der Waals surface area contributed by atoms with Crippen LogP contribution < -0.4 is 0 Å². The monoisotopic (exact) mass is 447 g/mol. The molecule has 0 saturated heterocycles. The summed E-state index contributed by atoms with van der Waals surface area (Å²) in [5.41, 5.74) is 2.43. The van der Waals surface area contributed by atoms with E-state index in [0.717, 1.165) is 29.2 Å². The number of rotatable bonds is 4. The van der Waals surface area contributed by atoms with Crippen LogP contribution in [-0.2, 0) is 0 Å². The van der Waals surface area contributed by atoms with Crippen LogP contribution in [0.2, 0.25) is 5.02 Å². The minimum Gasteiger partial charge on any atom is -0.286 e. The third-order valence-electron chi connectivity index (χ3n) is 7.63. The molecule has 0 bridgehead atoms. The van der Waals surface area contributed by atoms with Crippen LogP contribution in [0.25, 0.3) is 0 Å². The van der Waals surface area contributed by atoms with Crippen LogP contribution in [0.15, 0.2) is 18.2 Å². The van der Waals surface area contributed by atoms with Crippen molar-refractivity contribution in [2.75, 3.05) is 6.54 Å². The van der Waals surface area contributed by atoms with Crippen molar-refractivity contribution in [2.45, 2.75) is 114 Å². The lowest BCUT2D eigenvalue weighted by Crippen LogP contribution is -2.45. The molecule has 1 nitrogen and oxygen atoms in total. The first-order chi connectivity index (χ1) is 14.3. The van der Waals surface area contributed by atoms with Gasteiger partial charge in [-0.3, -0.25) is 4.90 Å². The zero-order valence-corrected chi connectivity index (χ0v) is 20.1. The van der Waals surface area contributed by atoms with E-state index in [1.165, 1.54) is 102 Å². The largest absolute Gasteiger partial charge is 0.286 e. The molecule has 0 atom stereocenters. The summed E-state index contributed by atoms with van der Waals surface area (Å²) in [5, 5.41) is 0.931. The van der Waals surface area contributed by atoms with Gasteiger partial charge in [-0.05, 0) is 62.1 Å². The van der Waals surface area contributed by atoms with Gasteiger partial charge in [0.25, 0.3) is 0 Å². The summed E-state index contributed by atoms with van der Waals surface area (Å²) in [5.74, 6) is 7.65. The molecule has 0 unspecified atom stereocenters. The first-order valence-electron chi connectivity index (χ1n) is 12.4. The summed E-state index contributed by atoms with van der Waals surface area (Å²) >= 11 is 6.67. The first-order valence-corrected chi connectivity index (χ1v) is 12.7. The zero-order valence-electron chi connectivity index (χ0n) is 18.5. The molecule has 30 heavy (non-hydrogen) atoms. The van der Waals surface area contributed by atoms with E-state index in [-0.39, 0.29) is 12.4 Å². The van der Waals surface area contributed by atoms with E-state index in [4.69, 9.17) is 11.6 Å². The lowest BCUT2D eigenvalue weighted by atomic mass is 9.84. The lowest BCUT2D eigenvalue weighted by Gasteiger charge is -2.40. The molecule has 166 valence electrons. The predicted molar refractivity (Wildman–Crippen MR) is 132 cm³/mol. The first kappa shape index (κ1) is 24.0. The molecule has 0 radical (unpaired) electrons. The van der Waals surface area contributed by atoms with E-state index < -0.39 is 0 Å². The van der Waals surface area contributed by atoms with E-state index >= 15 is 0 Å². The van der Waals surface area contributed by atoms with Crippen molar-refractivity contribution in [3.8, 4) is 11.8 Å². The maximum absolute atomic E-state index is 6.67. The molecule has 3 saturated carbocycles. The van der Waals surface area contributed by atoms with Gasteiger partial charge in [0.2, 0.25) is 0 Å². The normalized spacial score (nSPS) is 21.7. The predicted octanol–water partition coefficient (Wildman–Crippen LogP) is 8.13. The molecule has 0 aromatic heterocycles. The highest BCUT2D eigenvalue weighted by molar-refractivity contribution is 6.31. The van der Waals surface area contributed by atoms with Crippen LogP contribution >= 0.6 is 24.0 Å². The van der Waals surface area contributed by atoms with Crippen molar-refractivity contribution in [3.05, 3.63) is 34.3 Å². The summed E-state index contributed by atoms with van der Waals surface area (Å²) in [6.45, 7) is 0.928. The summed E-state index contributed by atoms with van der Waals surface area (Å²) in [7, 11) is 0. The second kappa shape index (κ2) is 12.4. The molecule has 1 aromatic rings. The van der Waals surface area contributed by atoms with Gasteiger partial charge >= 0.3 is 0 Å². The summed E-state index contributed by atoms with van der Waals surface area (Å²) in [6, 6.07) is 8.10. The average molecular weight is 449 g/mol. The molecule has 0 N–H and O–H groups in total. The van der Waals surface area contributed by atoms with Crippen molar-refractivity contribution < 1.29 is 0 Å². The molecule has 3 fully saturated rings. The minimum absolute atomic E-state index is 0. The molecular weight excluding hydrogens is 409 g/mol. The molecule has 4 rings (SSSR count). The van der Waals surface area contributed by atoms with Crippen molar-refractivity contribution in [3.63, 3.8) is 0 Å². The van der Waals surface area contributed by atoms with Crippen LogP contribution in [0.5, 0.6) is 0 Å². The number of benzene rings is 1. The van der Waals surface area contributed by atoms with Crippen molar-refractivity contribution >= 4 is 24.0 Å². The molecule has 3 heteroatoms. The Hall–Kier alpha value is -0.680. The van der Waals surface area contributed by atoms with Crippen molar-refractivity contribution in [2.24, 2.45) is 0 Å². The fourth-order valence-corrected chi connectivity index (χ4v) is 6.30. The van der Waals surface area contributed by atoms with E-state index in [1.807, 2.05) is 0 Å². The maximum atomic E-state index is 6.67. The summed E-state index contributed by atoms with van der Waals surface area (Å²) in [4.78, 5) is 2.78. The van der Waals surface area contributed by atoms with Crippen molar-refractivity contribution in [1.29, 1.82) is 0 Å². The zero-order chi connectivity index (χ0) is 19.9. The third kappa shape index (κ3) is 6.41. The molecule has 3 aliphatic carbocycles. The Labute approximate surface area is 195 Å². The van der Waals surface area contributed by atoms with Crippen LogP contribution in [0.1, 0.15) is 113 Å². The van der Waals surface area contributed by atoms with Crippen LogP contribution in [0.4, 0.5) is 0 Å². The Morgan fingerprint density at radius 1 is 0.767 bits per heavy atom. The van der Waals surface area contributed by atoms with Gasteiger partial charge in [-0.25, -0.2) is 0 Å². The quantitative estimate of drug-likeness (QED) is 0.420. The van der Waals surface area contributed by atoms with Gasteiger partial charge in [0.05, 0.1) is 6.54 Å². The van der Waals surface area contributed by atoms with E-state index in [2.05, 4.69) is 34.9 Å². The second-order valence-electron chi connectivity index (χ2n) is 9.63. The average Bonchev–Trinajstić information content (AvgIpc) is 2.79. The highest BCUT2D eigenvalue weighted by Crippen LogP contribution is 2.36. The third-order valence-corrected chi connectivity index (χ3v) is 7.95. The fraction of sp³-hybridized carbons (Fsp3) is 0.704. The smallest absolute Gasteiger partial charge is 0.0610 e. The van der Waals surface area contributed by atoms with Crippen LogP contribution in [0, 0.1) is 11.8 Å². The lowest BCUT2D eigenvalue weighted by molar-refractivity contribution is 0.0961. The fourth-order valence-electron chi connectivity index (χ4n) is 5.96. The Balaban J connectivity index is 0.00000256. The van der Waals surface area contributed by atoms with Gasteiger partial charge in [-0.1, -0.05) is 87.3 Å². The van der Waals surface area contributed by atoms with Crippen LogP contribution in [-0.4, -0.2) is 23.5 Å². The number of hydrogen-bond acceptors (Lipinski definition) is 1. The topological polar surface area (TPSA) is 3.24 Å². The van der Waals surface area contributed by atoms with Gasteiger partial charge in [-0.2, -0.15) is 0 Å². The van der Waals surface area contributed by atoms with E-state index in [1.54, 1.807) is 0 Å². The number of nitrogens with zero attached hydrogens (tertiary/aromatic N) is 1. The molecule has 1 aromatic carbocycles. The van der Waals surface area contributed by atoms with Gasteiger partial charge < -0.3 is 0 Å². The Bertz CT molecular complexity index is 683. The van der Waals surface area contributed by atoms with Gasteiger partial charge in [-0.15, -0.1) is 12.4 Å². The van der Waals surface area contributed by atoms with Gasteiger partial charge in [0.15, 0.2) is 0 Å². The summed E-state index contributed by atoms with van der Waals surface area (Å²) < 4.78 is 0. The molecular formula is C27H39Cl2N. The molecule has 0 aliphatic heterocycles. The molecule has 0 amide bonds. The minimum atomic E-state index is 0. The number of halogens is 2. The Morgan fingerprint density at radius 2 is 1.30 bits per heavy atom. The highest BCUT2D eigenvalue weighted by atomic mass is 35.5. The van der Waals surface area contributed by atoms with Gasteiger partial charge in [0, 0.05) is 22.7 Å². The highest BCUT2D eigenvalue weighted by Gasteiger charge is 2.28.